The number of hydrogen-bond acceptors (Lipinski definition) is 3. The van der Waals surface area contributed by atoms with Crippen LogP contribution in [-0.4, -0.2) is 63.8 Å². The fraction of sp³-hybridized carbons (Fsp3) is 0.867. The number of aliphatic hydroxyl groups excluding tert-OH is 1. The lowest BCUT2D eigenvalue weighted by molar-refractivity contribution is -0.137. The van der Waals surface area contributed by atoms with Crippen molar-refractivity contribution in [3.63, 3.8) is 0 Å². The summed E-state index contributed by atoms with van der Waals surface area (Å²) in [6.07, 6.45) is 4.44. The summed E-state index contributed by atoms with van der Waals surface area (Å²) in [6, 6.07) is -0.161. The molecule has 0 aromatic carbocycles. The summed E-state index contributed by atoms with van der Waals surface area (Å²) >= 11 is 0. The summed E-state index contributed by atoms with van der Waals surface area (Å²) in [6.45, 7) is 4.98. The number of carbonyl (C=O) groups excluding carboxylic acids is 1. The molecule has 1 atom stereocenters. The topological polar surface area (TPSA) is 81.1 Å². The molecule has 1 aliphatic heterocycles. The third-order valence-electron chi connectivity index (χ3n) is 3.99. The molecule has 1 rings (SSSR count). The van der Waals surface area contributed by atoms with Gasteiger partial charge in [0.15, 0.2) is 0 Å². The van der Waals surface area contributed by atoms with Crippen molar-refractivity contribution in [3.8, 4) is 0 Å². The summed E-state index contributed by atoms with van der Waals surface area (Å²) < 4.78 is 0. The molecule has 122 valence electrons. The summed E-state index contributed by atoms with van der Waals surface area (Å²) in [5.41, 5.74) is 0. The quantitative estimate of drug-likeness (QED) is 0.785. The maximum Gasteiger partial charge on any atom is 0.320 e. The van der Waals surface area contributed by atoms with E-state index in [2.05, 4.69) is 0 Å². The fourth-order valence-corrected chi connectivity index (χ4v) is 2.76. The SMILES string of the molecule is CC(C)N(CCCC(=O)O)C(=O)N1CCCCCC1CO. The Bertz CT molecular complexity index is 347. The minimum Gasteiger partial charge on any atom is -0.481 e. The smallest absolute Gasteiger partial charge is 0.320 e. The van der Waals surface area contributed by atoms with Gasteiger partial charge in [0, 0.05) is 25.6 Å². The normalized spacial score (nSPS) is 19.4. The number of carboxylic acid groups (broad SMARTS) is 1. The van der Waals surface area contributed by atoms with Crippen molar-refractivity contribution in [2.45, 2.75) is 64.5 Å². The minimum absolute atomic E-state index is 0.00714. The number of hydrogen-bond donors (Lipinski definition) is 2. The molecule has 2 N–H and O–H groups in total. The van der Waals surface area contributed by atoms with Crippen molar-refractivity contribution in [3.05, 3.63) is 0 Å². The van der Waals surface area contributed by atoms with E-state index in [9.17, 15) is 14.7 Å². The second kappa shape index (κ2) is 8.87. The molecule has 0 aromatic heterocycles. The fourth-order valence-electron chi connectivity index (χ4n) is 2.76. The predicted molar refractivity (Wildman–Crippen MR) is 80.2 cm³/mol. The van der Waals surface area contributed by atoms with E-state index in [1.165, 1.54) is 0 Å². The van der Waals surface area contributed by atoms with Gasteiger partial charge in [-0.05, 0) is 33.1 Å². The van der Waals surface area contributed by atoms with Gasteiger partial charge in [0.25, 0.3) is 0 Å². The zero-order valence-electron chi connectivity index (χ0n) is 13.1. The molecule has 0 radical (unpaired) electrons. The number of carboxylic acids is 1. The Morgan fingerprint density at radius 2 is 2.00 bits per heavy atom. The summed E-state index contributed by atoms with van der Waals surface area (Å²) in [4.78, 5) is 26.8. The summed E-state index contributed by atoms with van der Waals surface area (Å²) in [7, 11) is 0. The number of rotatable bonds is 6. The largest absolute Gasteiger partial charge is 0.481 e. The Morgan fingerprint density at radius 1 is 1.29 bits per heavy atom. The van der Waals surface area contributed by atoms with Gasteiger partial charge in [-0.3, -0.25) is 4.79 Å². The molecule has 1 aliphatic rings. The van der Waals surface area contributed by atoms with E-state index in [-0.39, 0.29) is 31.1 Å². The first kappa shape index (κ1) is 17.8. The molecular formula is C15H28N2O4. The van der Waals surface area contributed by atoms with Crippen molar-refractivity contribution in [1.82, 2.24) is 9.80 Å². The van der Waals surface area contributed by atoms with Gasteiger partial charge in [-0.1, -0.05) is 12.8 Å². The van der Waals surface area contributed by atoms with Gasteiger partial charge in [-0.25, -0.2) is 4.79 Å². The molecule has 0 aromatic rings. The Balaban J connectivity index is 2.70. The van der Waals surface area contributed by atoms with Crippen LogP contribution in [-0.2, 0) is 4.79 Å². The number of nitrogens with zero attached hydrogens (tertiary/aromatic N) is 2. The molecule has 0 aliphatic carbocycles. The molecule has 6 nitrogen and oxygen atoms in total. The van der Waals surface area contributed by atoms with Crippen LogP contribution in [0.15, 0.2) is 0 Å². The minimum atomic E-state index is -0.839. The van der Waals surface area contributed by atoms with Crippen molar-refractivity contribution in [2.24, 2.45) is 0 Å². The number of amides is 2. The lowest BCUT2D eigenvalue weighted by Crippen LogP contribution is -2.51. The van der Waals surface area contributed by atoms with Crippen molar-refractivity contribution in [2.75, 3.05) is 19.7 Å². The number of carbonyl (C=O) groups is 2. The van der Waals surface area contributed by atoms with E-state index in [0.717, 1.165) is 25.7 Å². The lowest BCUT2D eigenvalue weighted by atomic mass is 10.1. The molecule has 2 amide bonds. The number of aliphatic carboxylic acids is 1. The number of urea groups is 1. The van der Waals surface area contributed by atoms with Gasteiger partial charge < -0.3 is 20.0 Å². The highest BCUT2D eigenvalue weighted by Gasteiger charge is 2.29. The monoisotopic (exact) mass is 300 g/mol. The average molecular weight is 300 g/mol. The predicted octanol–water partition coefficient (Wildman–Crippen LogP) is 1.92. The number of aliphatic hydroxyl groups is 1. The maximum atomic E-state index is 12.7. The molecular weight excluding hydrogens is 272 g/mol. The van der Waals surface area contributed by atoms with E-state index in [1.54, 1.807) is 9.80 Å². The second-order valence-corrected chi connectivity index (χ2v) is 5.95. The van der Waals surface area contributed by atoms with E-state index in [0.29, 0.717) is 19.5 Å². The molecule has 6 heteroatoms. The molecule has 1 unspecified atom stereocenters. The summed E-state index contributed by atoms with van der Waals surface area (Å²) in [5, 5.41) is 18.2. The second-order valence-electron chi connectivity index (χ2n) is 5.95. The van der Waals surface area contributed by atoms with E-state index < -0.39 is 5.97 Å². The maximum absolute atomic E-state index is 12.7. The van der Waals surface area contributed by atoms with Crippen LogP contribution in [0.2, 0.25) is 0 Å². The molecule has 1 heterocycles. The molecule has 0 saturated carbocycles. The van der Waals surface area contributed by atoms with Crippen molar-refractivity contribution in [1.29, 1.82) is 0 Å². The summed E-state index contributed by atoms with van der Waals surface area (Å²) in [5.74, 6) is -0.839. The third-order valence-corrected chi connectivity index (χ3v) is 3.99. The zero-order chi connectivity index (χ0) is 15.8. The highest BCUT2D eigenvalue weighted by atomic mass is 16.4. The van der Waals surface area contributed by atoms with Crippen LogP contribution >= 0.6 is 0 Å². The highest BCUT2D eigenvalue weighted by Crippen LogP contribution is 2.19. The Morgan fingerprint density at radius 3 is 2.57 bits per heavy atom. The van der Waals surface area contributed by atoms with Gasteiger partial charge in [-0.2, -0.15) is 0 Å². The van der Waals surface area contributed by atoms with Crippen molar-refractivity contribution < 1.29 is 19.8 Å². The highest BCUT2D eigenvalue weighted by molar-refractivity contribution is 5.75. The van der Waals surface area contributed by atoms with Crippen LogP contribution in [0, 0.1) is 0 Å². The van der Waals surface area contributed by atoms with Crippen LogP contribution in [0.25, 0.3) is 0 Å². The molecule has 0 spiro atoms. The van der Waals surface area contributed by atoms with Crippen LogP contribution in [0.1, 0.15) is 52.4 Å². The van der Waals surface area contributed by atoms with Gasteiger partial charge in [0.2, 0.25) is 0 Å². The first-order valence-corrected chi connectivity index (χ1v) is 7.87. The van der Waals surface area contributed by atoms with Crippen LogP contribution in [0.5, 0.6) is 0 Å². The molecule has 1 fully saturated rings. The average Bonchev–Trinajstić information content (AvgIpc) is 2.67. The first-order chi connectivity index (χ1) is 9.97. The first-order valence-electron chi connectivity index (χ1n) is 7.87. The zero-order valence-corrected chi connectivity index (χ0v) is 13.1. The van der Waals surface area contributed by atoms with Crippen LogP contribution in [0.4, 0.5) is 4.79 Å². The Labute approximate surface area is 126 Å². The molecule has 0 bridgehead atoms. The Kier molecular flexibility index (Phi) is 7.50. The number of likely N-dealkylation sites (tertiary alicyclic amines) is 1. The van der Waals surface area contributed by atoms with E-state index >= 15 is 0 Å². The van der Waals surface area contributed by atoms with Gasteiger partial charge in [0.1, 0.15) is 0 Å². The standard InChI is InChI=1S/C15H28N2O4/c1-12(2)16(10-6-8-14(19)20)15(21)17-9-5-3-4-7-13(17)11-18/h12-13,18H,3-11H2,1-2H3,(H,19,20). The molecule has 1 saturated heterocycles. The van der Waals surface area contributed by atoms with Crippen LogP contribution in [0.3, 0.4) is 0 Å². The van der Waals surface area contributed by atoms with Crippen LogP contribution < -0.4 is 0 Å². The molecule has 21 heavy (non-hydrogen) atoms. The Hall–Kier alpha value is -1.30. The van der Waals surface area contributed by atoms with Gasteiger partial charge >= 0.3 is 12.0 Å². The van der Waals surface area contributed by atoms with Gasteiger partial charge in [-0.15, -0.1) is 0 Å². The van der Waals surface area contributed by atoms with E-state index in [1.807, 2.05) is 13.8 Å². The van der Waals surface area contributed by atoms with E-state index in [4.69, 9.17) is 5.11 Å². The van der Waals surface area contributed by atoms with Gasteiger partial charge in [0.05, 0.1) is 12.6 Å². The lowest BCUT2D eigenvalue weighted by Gasteiger charge is -2.36. The third kappa shape index (κ3) is 5.53. The van der Waals surface area contributed by atoms with Crippen molar-refractivity contribution >= 4 is 12.0 Å².